The molecule has 1 aliphatic rings. The van der Waals surface area contributed by atoms with Crippen molar-refractivity contribution in [3.63, 3.8) is 0 Å². The van der Waals surface area contributed by atoms with E-state index in [4.69, 9.17) is 0 Å². The van der Waals surface area contributed by atoms with Crippen molar-refractivity contribution in [2.24, 2.45) is 0 Å². The average molecular weight is 541 g/mol. The molecule has 1 amide bonds. The molecule has 0 bridgehead atoms. The first-order valence-corrected chi connectivity index (χ1v) is 13.2. The largest absolute Gasteiger partial charge is 0.416 e. The molecule has 0 aliphatic carbocycles. The van der Waals surface area contributed by atoms with E-state index in [9.17, 15) is 26.4 Å². The van der Waals surface area contributed by atoms with Crippen LogP contribution in [0.1, 0.15) is 15.9 Å². The van der Waals surface area contributed by atoms with Gasteiger partial charge in [0.2, 0.25) is 10.0 Å². The molecule has 0 unspecified atom stereocenters. The van der Waals surface area contributed by atoms with Gasteiger partial charge in [-0.1, -0.05) is 24.3 Å². The van der Waals surface area contributed by atoms with E-state index in [1.807, 2.05) is 0 Å². The Bertz CT molecular complexity index is 1570. The maximum absolute atomic E-state index is 13.0. The van der Waals surface area contributed by atoms with Crippen molar-refractivity contribution >= 4 is 38.2 Å². The second-order valence-electron chi connectivity index (χ2n) is 8.80. The minimum absolute atomic E-state index is 0.202. The molecule has 196 valence electrons. The minimum Gasteiger partial charge on any atom is -0.355 e. The number of pyridine rings is 1. The quantitative estimate of drug-likeness (QED) is 0.379. The molecule has 5 rings (SSSR count). The van der Waals surface area contributed by atoms with E-state index in [1.165, 1.54) is 16.6 Å². The number of halogens is 3. The Morgan fingerprint density at radius 2 is 1.55 bits per heavy atom. The molecule has 0 atom stereocenters. The Morgan fingerprint density at radius 1 is 0.868 bits per heavy atom. The molecule has 11 heteroatoms. The summed E-state index contributed by atoms with van der Waals surface area (Å²) in [7, 11) is -3.61. The molecule has 4 aromatic rings. The van der Waals surface area contributed by atoms with Gasteiger partial charge in [-0.3, -0.25) is 9.78 Å². The highest BCUT2D eigenvalue weighted by atomic mass is 32.2. The number of nitrogens with one attached hydrogen (secondary N) is 1. The van der Waals surface area contributed by atoms with Gasteiger partial charge in [-0.25, -0.2) is 8.42 Å². The number of carbonyl (C=O) groups excluding carboxylic acids is 1. The number of anilines is 2. The van der Waals surface area contributed by atoms with Crippen LogP contribution in [0, 0.1) is 0 Å². The van der Waals surface area contributed by atoms with Gasteiger partial charge in [0.05, 0.1) is 16.0 Å². The fourth-order valence-electron chi connectivity index (χ4n) is 4.34. The molecule has 1 aliphatic heterocycles. The summed E-state index contributed by atoms with van der Waals surface area (Å²) in [6, 6.07) is 20.0. The van der Waals surface area contributed by atoms with E-state index < -0.39 is 21.8 Å². The predicted octanol–water partition coefficient (Wildman–Crippen LogP) is 5.14. The standard InChI is InChI=1S/C27H23F3N4O3S/c28-27(29,30)20-8-11-23-24(12-13-31-25(23)18-20)32-21-9-6-19(7-10-21)26(35)33-14-16-34(17-15-33)38(36,37)22-4-2-1-3-5-22/h1-13,18H,14-17H2,(H,31,32). The summed E-state index contributed by atoms with van der Waals surface area (Å²) in [5.41, 5.74) is 1.12. The first-order valence-electron chi connectivity index (χ1n) is 11.8. The van der Waals surface area contributed by atoms with Crippen molar-refractivity contribution in [3.05, 3.63) is 96.2 Å². The number of sulfonamides is 1. The molecule has 3 aromatic carbocycles. The topological polar surface area (TPSA) is 82.6 Å². The van der Waals surface area contributed by atoms with Crippen LogP contribution in [0.2, 0.25) is 0 Å². The zero-order valence-corrected chi connectivity index (χ0v) is 20.8. The van der Waals surface area contributed by atoms with Gasteiger partial charge in [0.1, 0.15) is 0 Å². The summed E-state index contributed by atoms with van der Waals surface area (Å²) in [5, 5.41) is 3.70. The number of fused-ring (bicyclic) bond motifs is 1. The Labute approximate surface area is 217 Å². The molecule has 0 saturated carbocycles. The number of hydrogen-bond acceptors (Lipinski definition) is 5. The van der Waals surface area contributed by atoms with E-state index >= 15 is 0 Å². The normalized spacial score (nSPS) is 15.0. The lowest BCUT2D eigenvalue weighted by atomic mass is 10.1. The fraction of sp³-hybridized carbons (Fsp3) is 0.185. The van der Waals surface area contributed by atoms with Crippen LogP contribution in [0.25, 0.3) is 10.9 Å². The van der Waals surface area contributed by atoms with Crippen LogP contribution in [0.5, 0.6) is 0 Å². The van der Waals surface area contributed by atoms with Crippen molar-refractivity contribution in [2.45, 2.75) is 11.1 Å². The number of benzene rings is 3. The van der Waals surface area contributed by atoms with Gasteiger partial charge in [-0.15, -0.1) is 0 Å². The monoisotopic (exact) mass is 540 g/mol. The molecule has 1 N–H and O–H groups in total. The van der Waals surface area contributed by atoms with E-state index in [0.29, 0.717) is 22.3 Å². The van der Waals surface area contributed by atoms with Crippen molar-refractivity contribution in [2.75, 3.05) is 31.5 Å². The highest BCUT2D eigenvalue weighted by Gasteiger charge is 2.31. The van der Waals surface area contributed by atoms with E-state index in [1.54, 1.807) is 65.6 Å². The zero-order chi connectivity index (χ0) is 26.9. The minimum atomic E-state index is -4.45. The molecule has 1 aromatic heterocycles. The van der Waals surface area contributed by atoms with Gasteiger partial charge < -0.3 is 10.2 Å². The third kappa shape index (κ3) is 5.20. The molecule has 2 heterocycles. The maximum Gasteiger partial charge on any atom is 0.416 e. The molecule has 0 radical (unpaired) electrons. The van der Waals surface area contributed by atoms with Crippen molar-refractivity contribution in [3.8, 4) is 0 Å². The third-order valence-electron chi connectivity index (χ3n) is 6.39. The van der Waals surface area contributed by atoms with Crippen LogP contribution in [0.15, 0.2) is 90.0 Å². The summed E-state index contributed by atoms with van der Waals surface area (Å²) in [6.07, 6.45) is -3.02. The van der Waals surface area contributed by atoms with Gasteiger partial charge in [-0.05, 0) is 54.6 Å². The predicted molar refractivity (Wildman–Crippen MR) is 138 cm³/mol. The van der Waals surface area contributed by atoms with E-state index in [0.717, 1.165) is 12.1 Å². The van der Waals surface area contributed by atoms with Gasteiger partial charge in [0.25, 0.3) is 5.91 Å². The van der Waals surface area contributed by atoms with Crippen LogP contribution in [-0.2, 0) is 16.2 Å². The molecule has 0 spiro atoms. The van der Waals surface area contributed by atoms with Crippen LogP contribution >= 0.6 is 0 Å². The van der Waals surface area contributed by atoms with Crippen molar-refractivity contribution in [1.29, 1.82) is 0 Å². The highest BCUT2D eigenvalue weighted by Crippen LogP contribution is 2.33. The van der Waals surface area contributed by atoms with Crippen LogP contribution in [0.4, 0.5) is 24.5 Å². The Kier molecular flexibility index (Phi) is 6.80. The number of hydrogen-bond donors (Lipinski definition) is 1. The number of piperazine rings is 1. The fourth-order valence-corrected chi connectivity index (χ4v) is 5.78. The lowest BCUT2D eigenvalue weighted by molar-refractivity contribution is -0.137. The molecule has 38 heavy (non-hydrogen) atoms. The summed E-state index contributed by atoms with van der Waals surface area (Å²) in [5.74, 6) is -0.206. The zero-order valence-electron chi connectivity index (χ0n) is 20.0. The highest BCUT2D eigenvalue weighted by molar-refractivity contribution is 7.89. The summed E-state index contributed by atoms with van der Waals surface area (Å²) < 4.78 is 66.2. The number of rotatable bonds is 5. The number of carbonyl (C=O) groups is 1. The van der Waals surface area contributed by atoms with Crippen LogP contribution in [-0.4, -0.2) is 54.7 Å². The van der Waals surface area contributed by atoms with E-state index in [2.05, 4.69) is 10.3 Å². The van der Waals surface area contributed by atoms with Crippen molar-refractivity contribution < 1.29 is 26.4 Å². The Hall–Kier alpha value is -3.96. The van der Waals surface area contributed by atoms with E-state index in [-0.39, 0.29) is 42.5 Å². The molecule has 7 nitrogen and oxygen atoms in total. The molecule has 1 saturated heterocycles. The third-order valence-corrected chi connectivity index (χ3v) is 8.30. The maximum atomic E-state index is 13.0. The summed E-state index contributed by atoms with van der Waals surface area (Å²) in [6.45, 7) is 0.948. The van der Waals surface area contributed by atoms with Gasteiger partial charge >= 0.3 is 6.18 Å². The molecular formula is C27H23F3N4O3S. The first kappa shape index (κ1) is 25.7. The second-order valence-corrected chi connectivity index (χ2v) is 10.7. The van der Waals surface area contributed by atoms with Gasteiger partial charge in [-0.2, -0.15) is 17.5 Å². The Morgan fingerprint density at radius 3 is 2.21 bits per heavy atom. The number of aromatic nitrogens is 1. The number of nitrogens with zero attached hydrogens (tertiary/aromatic N) is 3. The summed E-state index contributed by atoms with van der Waals surface area (Å²) >= 11 is 0. The van der Waals surface area contributed by atoms with Crippen LogP contribution < -0.4 is 5.32 Å². The second kappa shape index (κ2) is 10.1. The molecular weight excluding hydrogens is 517 g/mol. The first-order chi connectivity index (χ1) is 18.1. The number of alkyl halides is 3. The summed E-state index contributed by atoms with van der Waals surface area (Å²) in [4.78, 5) is 18.9. The van der Waals surface area contributed by atoms with Crippen molar-refractivity contribution in [1.82, 2.24) is 14.2 Å². The molecule has 1 fully saturated rings. The smallest absolute Gasteiger partial charge is 0.355 e. The van der Waals surface area contributed by atoms with Gasteiger partial charge in [0, 0.05) is 54.7 Å². The number of amides is 1. The average Bonchev–Trinajstić information content (AvgIpc) is 2.93. The SMILES string of the molecule is O=C(c1ccc(Nc2ccnc3cc(C(F)(F)F)ccc23)cc1)N1CCN(S(=O)(=O)c2ccccc2)CC1. The van der Waals surface area contributed by atoms with Crippen LogP contribution in [0.3, 0.4) is 0 Å². The van der Waals surface area contributed by atoms with Gasteiger partial charge in [0.15, 0.2) is 0 Å². The lowest BCUT2D eigenvalue weighted by Crippen LogP contribution is -2.50. The lowest BCUT2D eigenvalue weighted by Gasteiger charge is -2.34. The Balaban J connectivity index is 1.25.